The number of carbonyl (C=O) groups excluding carboxylic acids is 1. The molecule has 0 aromatic heterocycles. The van der Waals surface area contributed by atoms with Gasteiger partial charge in [-0.2, -0.15) is 0 Å². The Bertz CT molecular complexity index is 894. The van der Waals surface area contributed by atoms with E-state index in [9.17, 15) is 39.6 Å². The van der Waals surface area contributed by atoms with Crippen molar-refractivity contribution >= 4 is 15.6 Å². The van der Waals surface area contributed by atoms with Crippen molar-refractivity contribution in [3.05, 3.63) is 64.7 Å². The summed E-state index contributed by atoms with van der Waals surface area (Å²) in [4.78, 5) is 9.71. The van der Waals surface area contributed by atoms with Gasteiger partial charge in [0.15, 0.2) is 38.9 Å². The fraction of sp³-hybridized carbons (Fsp3) is 0.0714. The zero-order chi connectivity index (χ0) is 18.2. The van der Waals surface area contributed by atoms with Gasteiger partial charge in [0, 0.05) is 5.56 Å². The second-order valence-electron chi connectivity index (χ2n) is 4.59. The average molecular weight is 368 g/mol. The first-order chi connectivity index (χ1) is 11.1. The van der Waals surface area contributed by atoms with Crippen LogP contribution in [-0.2, 0) is 9.84 Å². The number of ketones is 1. The molecular formula is C14H6F6O3S. The highest BCUT2D eigenvalue weighted by atomic mass is 32.2. The van der Waals surface area contributed by atoms with Gasteiger partial charge in [0.1, 0.15) is 16.5 Å². The second-order valence-corrected chi connectivity index (χ2v) is 6.51. The molecule has 0 amide bonds. The largest absolute Gasteiger partial charge is 0.293 e. The van der Waals surface area contributed by atoms with Crippen molar-refractivity contribution in [3.8, 4) is 0 Å². The van der Waals surface area contributed by atoms with Gasteiger partial charge in [0.25, 0.3) is 0 Å². The van der Waals surface area contributed by atoms with Crippen LogP contribution >= 0.6 is 0 Å². The molecule has 128 valence electrons. The van der Waals surface area contributed by atoms with Crippen molar-refractivity contribution in [3.63, 3.8) is 0 Å². The number of rotatable bonds is 4. The summed E-state index contributed by atoms with van der Waals surface area (Å²) in [5, 5.41) is 0. The summed E-state index contributed by atoms with van der Waals surface area (Å²) in [5.41, 5.74) is -0.316. The van der Waals surface area contributed by atoms with Crippen LogP contribution in [0.4, 0.5) is 26.3 Å². The summed E-state index contributed by atoms with van der Waals surface area (Å²) in [7, 11) is -5.18. The van der Waals surface area contributed by atoms with Crippen molar-refractivity contribution in [2.75, 3.05) is 5.75 Å². The van der Waals surface area contributed by atoms with Gasteiger partial charge in [-0.1, -0.05) is 0 Å². The first-order valence-corrected chi connectivity index (χ1v) is 7.74. The molecule has 2 aromatic carbocycles. The van der Waals surface area contributed by atoms with Gasteiger partial charge in [-0.25, -0.2) is 34.8 Å². The van der Waals surface area contributed by atoms with E-state index in [1.807, 2.05) is 0 Å². The highest BCUT2D eigenvalue weighted by Gasteiger charge is 2.34. The molecule has 0 radical (unpaired) electrons. The molecule has 2 rings (SSSR count). The molecule has 0 saturated heterocycles. The van der Waals surface area contributed by atoms with E-state index in [1.54, 1.807) is 0 Å². The van der Waals surface area contributed by atoms with E-state index in [1.165, 1.54) is 0 Å². The van der Waals surface area contributed by atoms with Gasteiger partial charge in [-0.05, 0) is 24.3 Å². The molecule has 0 aliphatic carbocycles. The molecule has 0 spiro atoms. The normalized spacial score (nSPS) is 11.6. The van der Waals surface area contributed by atoms with E-state index in [2.05, 4.69) is 0 Å². The van der Waals surface area contributed by atoms with Crippen molar-refractivity contribution in [1.29, 1.82) is 0 Å². The molecule has 0 saturated carbocycles. The predicted octanol–water partition coefficient (Wildman–Crippen LogP) is 3.18. The van der Waals surface area contributed by atoms with Crippen LogP contribution in [0.25, 0.3) is 0 Å². The molecule has 24 heavy (non-hydrogen) atoms. The maximum absolute atomic E-state index is 13.5. The van der Waals surface area contributed by atoms with Crippen LogP contribution in [0.1, 0.15) is 10.4 Å². The Balaban J connectivity index is 2.49. The third-order valence-corrected chi connectivity index (χ3v) is 4.59. The third-order valence-electron chi connectivity index (χ3n) is 2.97. The molecule has 2 aromatic rings. The minimum atomic E-state index is -5.18. The molecule has 0 heterocycles. The van der Waals surface area contributed by atoms with Gasteiger partial charge >= 0.3 is 0 Å². The standard InChI is InChI=1S/C14H6F6O3S/c15-7-3-1-6(2-4-7)8(21)5-24(22,23)14-12(19)10(17)9(16)11(18)13(14)20/h1-4H,5H2. The van der Waals surface area contributed by atoms with Gasteiger partial charge in [-0.15, -0.1) is 0 Å². The number of hydrogen-bond acceptors (Lipinski definition) is 3. The summed E-state index contributed by atoms with van der Waals surface area (Å²) in [6.45, 7) is 0. The molecule has 0 fully saturated rings. The van der Waals surface area contributed by atoms with Crippen LogP contribution in [0, 0.1) is 34.9 Å². The third kappa shape index (κ3) is 3.14. The van der Waals surface area contributed by atoms with Gasteiger partial charge < -0.3 is 0 Å². The number of halogens is 6. The van der Waals surface area contributed by atoms with Crippen LogP contribution in [0.2, 0.25) is 0 Å². The second kappa shape index (κ2) is 6.27. The molecular weight excluding hydrogens is 362 g/mol. The van der Waals surface area contributed by atoms with E-state index < -0.39 is 61.2 Å². The fourth-order valence-corrected chi connectivity index (χ4v) is 3.20. The molecule has 0 atom stereocenters. The molecule has 0 N–H and O–H groups in total. The zero-order valence-electron chi connectivity index (χ0n) is 11.4. The fourth-order valence-electron chi connectivity index (χ4n) is 1.82. The molecule has 10 heteroatoms. The van der Waals surface area contributed by atoms with Crippen molar-refractivity contribution in [2.45, 2.75) is 4.90 Å². The lowest BCUT2D eigenvalue weighted by molar-refractivity contribution is 0.102. The maximum Gasteiger partial charge on any atom is 0.200 e. The van der Waals surface area contributed by atoms with Crippen molar-refractivity contribution in [1.82, 2.24) is 0 Å². The summed E-state index contributed by atoms with van der Waals surface area (Å²) < 4.78 is 103. The first kappa shape index (κ1) is 18.0. The lowest BCUT2D eigenvalue weighted by atomic mass is 10.1. The topological polar surface area (TPSA) is 51.2 Å². The summed E-state index contributed by atoms with van der Waals surface area (Å²) in [5.74, 6) is -16.0. The van der Waals surface area contributed by atoms with E-state index in [0.29, 0.717) is 0 Å². The van der Waals surface area contributed by atoms with Crippen molar-refractivity contribution < 1.29 is 39.6 Å². The highest BCUT2D eigenvalue weighted by molar-refractivity contribution is 7.92. The minimum Gasteiger partial charge on any atom is -0.293 e. The Kier molecular flexibility index (Phi) is 4.70. The maximum atomic E-state index is 13.5. The Morgan fingerprint density at radius 1 is 0.750 bits per heavy atom. The Labute approximate surface area is 131 Å². The lowest BCUT2D eigenvalue weighted by Gasteiger charge is -2.09. The monoisotopic (exact) mass is 368 g/mol. The van der Waals surface area contributed by atoms with Crippen LogP contribution in [0.5, 0.6) is 0 Å². The van der Waals surface area contributed by atoms with Crippen LogP contribution in [0.3, 0.4) is 0 Å². The van der Waals surface area contributed by atoms with Gasteiger partial charge in [0.2, 0.25) is 5.82 Å². The molecule has 0 bridgehead atoms. The summed E-state index contributed by atoms with van der Waals surface area (Å²) in [6.07, 6.45) is 0. The van der Waals surface area contributed by atoms with E-state index in [-0.39, 0.29) is 5.56 Å². The predicted molar refractivity (Wildman–Crippen MR) is 69.0 cm³/mol. The quantitative estimate of drug-likeness (QED) is 0.274. The Morgan fingerprint density at radius 3 is 1.62 bits per heavy atom. The van der Waals surface area contributed by atoms with Crippen molar-refractivity contribution in [2.24, 2.45) is 0 Å². The first-order valence-electron chi connectivity index (χ1n) is 6.09. The molecule has 0 aliphatic rings. The van der Waals surface area contributed by atoms with Gasteiger partial charge in [-0.3, -0.25) is 4.79 Å². The van der Waals surface area contributed by atoms with E-state index >= 15 is 0 Å². The van der Waals surface area contributed by atoms with E-state index in [0.717, 1.165) is 24.3 Å². The molecule has 0 unspecified atom stereocenters. The number of Topliss-reactive ketones (excluding diaryl/α,β-unsaturated/α-hetero) is 1. The van der Waals surface area contributed by atoms with E-state index in [4.69, 9.17) is 0 Å². The number of hydrogen-bond donors (Lipinski definition) is 0. The number of carbonyl (C=O) groups is 1. The SMILES string of the molecule is O=C(CS(=O)(=O)c1c(F)c(F)c(F)c(F)c1F)c1ccc(F)cc1. The molecule has 0 aliphatic heterocycles. The van der Waals surface area contributed by atoms with Crippen LogP contribution in [-0.4, -0.2) is 20.0 Å². The lowest BCUT2D eigenvalue weighted by Crippen LogP contribution is -2.21. The Morgan fingerprint density at radius 2 is 1.17 bits per heavy atom. The smallest absolute Gasteiger partial charge is 0.200 e. The highest BCUT2D eigenvalue weighted by Crippen LogP contribution is 2.27. The zero-order valence-corrected chi connectivity index (χ0v) is 12.2. The molecule has 3 nitrogen and oxygen atoms in total. The summed E-state index contributed by atoms with van der Waals surface area (Å²) >= 11 is 0. The van der Waals surface area contributed by atoms with Crippen LogP contribution < -0.4 is 0 Å². The number of benzene rings is 2. The van der Waals surface area contributed by atoms with Gasteiger partial charge in [0.05, 0.1) is 0 Å². The average Bonchev–Trinajstić information content (AvgIpc) is 2.51. The minimum absolute atomic E-state index is 0.316. The van der Waals surface area contributed by atoms with Crippen LogP contribution in [0.15, 0.2) is 29.2 Å². The summed E-state index contributed by atoms with van der Waals surface area (Å²) in [6, 6.07) is 3.48. The number of sulfone groups is 1. The Hall–Kier alpha value is -2.36.